The summed E-state index contributed by atoms with van der Waals surface area (Å²) in [6, 6.07) is 12.0. The Morgan fingerprint density at radius 1 is 1.18 bits per heavy atom. The molecule has 1 fully saturated rings. The van der Waals surface area contributed by atoms with Crippen LogP contribution in [0.15, 0.2) is 52.3 Å². The number of hydrogen-bond acceptors (Lipinski definition) is 6. The molecule has 1 atom stereocenters. The summed E-state index contributed by atoms with van der Waals surface area (Å²) in [6.45, 7) is 4.89. The number of para-hydroxylation sites is 2. The first-order valence-corrected chi connectivity index (χ1v) is 13.8. The Bertz CT molecular complexity index is 1180. The molecule has 0 saturated carbocycles. The summed E-state index contributed by atoms with van der Waals surface area (Å²) in [5, 5.41) is 2.83. The predicted octanol–water partition coefficient (Wildman–Crippen LogP) is 3.58. The van der Waals surface area contributed by atoms with Gasteiger partial charge in [0.2, 0.25) is 21.8 Å². The number of ether oxygens (including phenoxy) is 1. The Morgan fingerprint density at radius 3 is 2.65 bits per heavy atom. The zero-order valence-electron chi connectivity index (χ0n) is 19.3. The number of hydrogen-bond donors (Lipinski definition) is 1. The second-order valence-corrected chi connectivity index (χ2v) is 11.4. The second kappa shape index (κ2) is 10.4. The highest BCUT2D eigenvalue weighted by molar-refractivity contribution is 7.99. The highest BCUT2D eigenvalue weighted by atomic mass is 32.2. The maximum atomic E-state index is 13.2. The van der Waals surface area contributed by atoms with E-state index in [0.717, 1.165) is 17.7 Å². The summed E-state index contributed by atoms with van der Waals surface area (Å²) in [7, 11) is -3.66. The Kier molecular flexibility index (Phi) is 7.49. The molecule has 2 aromatic rings. The van der Waals surface area contributed by atoms with Crippen LogP contribution in [0, 0.1) is 5.92 Å². The molecule has 10 heteroatoms. The number of fused-ring (bicyclic) bond motifs is 1. The van der Waals surface area contributed by atoms with E-state index in [0.29, 0.717) is 42.6 Å². The van der Waals surface area contributed by atoms with Crippen LogP contribution in [0.2, 0.25) is 0 Å². The zero-order chi connectivity index (χ0) is 24.3. The Balaban J connectivity index is 1.64. The number of carbonyl (C=O) groups excluding carboxylic acids is 2. The second-order valence-electron chi connectivity index (χ2n) is 8.35. The number of thioether (sulfide) groups is 1. The molecule has 8 nitrogen and oxygen atoms in total. The topological polar surface area (TPSA) is 96.0 Å². The average molecular weight is 504 g/mol. The standard InChI is InChI=1S/C24H29N3O5S2/c1-3-32-21-9-5-4-8-19(21)25-23(28)15-27-20-14-18(34(30,31)26-12-6-7-13-26)10-11-22(20)33-16-17(2)24(27)29/h4-5,8-11,14,17H,3,6-7,12-13,15-16H2,1-2H3,(H,25,28)/t17-/m1/s1. The molecule has 2 aromatic carbocycles. The molecule has 0 spiro atoms. The van der Waals surface area contributed by atoms with Gasteiger partial charge in [-0.1, -0.05) is 19.1 Å². The van der Waals surface area contributed by atoms with Crippen LogP contribution in [0.1, 0.15) is 26.7 Å². The van der Waals surface area contributed by atoms with E-state index in [1.54, 1.807) is 30.3 Å². The van der Waals surface area contributed by atoms with Gasteiger partial charge < -0.3 is 15.0 Å². The number of carbonyl (C=O) groups is 2. The van der Waals surface area contributed by atoms with Crippen LogP contribution in [-0.4, -0.2) is 56.5 Å². The summed E-state index contributed by atoms with van der Waals surface area (Å²) < 4.78 is 33.3. The molecule has 0 bridgehead atoms. The molecule has 1 N–H and O–H groups in total. The third-order valence-electron chi connectivity index (χ3n) is 5.86. The van der Waals surface area contributed by atoms with Crippen LogP contribution < -0.4 is 15.0 Å². The van der Waals surface area contributed by atoms with Crippen LogP contribution in [0.5, 0.6) is 5.75 Å². The van der Waals surface area contributed by atoms with Gasteiger partial charge in [-0.05, 0) is 50.1 Å². The summed E-state index contributed by atoms with van der Waals surface area (Å²) in [5.74, 6) is 0.173. The third kappa shape index (κ3) is 5.08. The Morgan fingerprint density at radius 2 is 1.91 bits per heavy atom. The first kappa shape index (κ1) is 24.6. The summed E-state index contributed by atoms with van der Waals surface area (Å²) in [5.41, 5.74) is 0.970. The normalized spacial score (nSPS) is 18.9. The molecule has 4 rings (SSSR count). The SMILES string of the molecule is CCOc1ccccc1NC(=O)CN1C(=O)[C@H](C)CSc2ccc(S(=O)(=O)N3CCCC3)cc21. The van der Waals surface area contributed by atoms with Gasteiger partial charge in [0.25, 0.3) is 0 Å². The number of amides is 2. The molecule has 1 saturated heterocycles. The zero-order valence-corrected chi connectivity index (χ0v) is 21.0. The number of rotatable bonds is 7. The minimum absolute atomic E-state index is 0.142. The molecular formula is C24H29N3O5S2. The molecule has 0 radical (unpaired) electrons. The van der Waals surface area contributed by atoms with Crippen molar-refractivity contribution in [2.24, 2.45) is 5.92 Å². The molecule has 0 aromatic heterocycles. The van der Waals surface area contributed by atoms with Crippen LogP contribution in [0.4, 0.5) is 11.4 Å². The van der Waals surface area contributed by atoms with Crippen molar-refractivity contribution < 1.29 is 22.7 Å². The summed E-state index contributed by atoms with van der Waals surface area (Å²) >= 11 is 1.49. The molecule has 0 aliphatic carbocycles. The minimum Gasteiger partial charge on any atom is -0.492 e. The van der Waals surface area contributed by atoms with Crippen molar-refractivity contribution in [3.8, 4) is 5.75 Å². The quantitative estimate of drug-likeness (QED) is 0.621. The molecule has 0 unspecified atom stereocenters. The lowest BCUT2D eigenvalue weighted by atomic mass is 10.1. The maximum Gasteiger partial charge on any atom is 0.244 e. The van der Waals surface area contributed by atoms with Gasteiger partial charge in [-0.15, -0.1) is 11.8 Å². The van der Waals surface area contributed by atoms with Crippen LogP contribution >= 0.6 is 11.8 Å². The smallest absolute Gasteiger partial charge is 0.244 e. The lowest BCUT2D eigenvalue weighted by molar-refractivity contribution is -0.123. The van der Waals surface area contributed by atoms with E-state index in [2.05, 4.69) is 5.32 Å². The molecule has 2 aliphatic heterocycles. The van der Waals surface area contributed by atoms with Gasteiger partial charge in [0.1, 0.15) is 12.3 Å². The van der Waals surface area contributed by atoms with E-state index in [1.165, 1.54) is 27.0 Å². The van der Waals surface area contributed by atoms with Crippen molar-refractivity contribution in [2.75, 3.05) is 42.2 Å². The molecule has 182 valence electrons. The summed E-state index contributed by atoms with van der Waals surface area (Å²) in [4.78, 5) is 28.6. The van der Waals surface area contributed by atoms with Gasteiger partial charge in [0.05, 0.1) is 22.9 Å². The van der Waals surface area contributed by atoms with Gasteiger partial charge in [0, 0.05) is 29.7 Å². The summed E-state index contributed by atoms with van der Waals surface area (Å²) in [6.07, 6.45) is 1.68. The molecule has 2 heterocycles. The average Bonchev–Trinajstić information content (AvgIpc) is 3.35. The van der Waals surface area contributed by atoms with Crippen molar-refractivity contribution in [3.05, 3.63) is 42.5 Å². The monoisotopic (exact) mass is 503 g/mol. The van der Waals surface area contributed by atoms with Crippen LogP contribution in [-0.2, 0) is 19.6 Å². The van der Waals surface area contributed by atoms with E-state index >= 15 is 0 Å². The van der Waals surface area contributed by atoms with E-state index < -0.39 is 15.9 Å². The van der Waals surface area contributed by atoms with E-state index in [1.807, 2.05) is 19.9 Å². The van der Waals surface area contributed by atoms with Crippen molar-refractivity contribution in [1.29, 1.82) is 0 Å². The molecule has 2 amide bonds. The van der Waals surface area contributed by atoms with E-state index in [4.69, 9.17) is 4.74 Å². The van der Waals surface area contributed by atoms with Crippen LogP contribution in [0.3, 0.4) is 0 Å². The molecule has 2 aliphatic rings. The number of nitrogens with zero attached hydrogens (tertiary/aromatic N) is 2. The lowest BCUT2D eigenvalue weighted by Crippen LogP contribution is -2.41. The molecule has 34 heavy (non-hydrogen) atoms. The fourth-order valence-electron chi connectivity index (χ4n) is 4.09. The first-order chi connectivity index (χ1) is 16.3. The number of anilines is 2. The van der Waals surface area contributed by atoms with Crippen molar-refractivity contribution in [1.82, 2.24) is 4.31 Å². The number of nitrogens with one attached hydrogen (secondary N) is 1. The van der Waals surface area contributed by atoms with Gasteiger partial charge in [-0.2, -0.15) is 4.31 Å². The third-order valence-corrected chi connectivity index (χ3v) is 9.08. The van der Waals surface area contributed by atoms with Gasteiger partial charge >= 0.3 is 0 Å². The number of sulfonamides is 1. The van der Waals surface area contributed by atoms with Crippen molar-refractivity contribution in [3.63, 3.8) is 0 Å². The fourth-order valence-corrected chi connectivity index (χ4v) is 6.68. The largest absolute Gasteiger partial charge is 0.492 e. The first-order valence-electron chi connectivity index (χ1n) is 11.4. The highest BCUT2D eigenvalue weighted by Gasteiger charge is 2.33. The number of benzene rings is 2. The predicted molar refractivity (Wildman–Crippen MR) is 133 cm³/mol. The lowest BCUT2D eigenvalue weighted by Gasteiger charge is -2.25. The van der Waals surface area contributed by atoms with E-state index in [9.17, 15) is 18.0 Å². The van der Waals surface area contributed by atoms with Crippen LogP contribution in [0.25, 0.3) is 0 Å². The fraction of sp³-hybridized carbons (Fsp3) is 0.417. The maximum absolute atomic E-state index is 13.2. The van der Waals surface area contributed by atoms with Gasteiger partial charge in [-0.25, -0.2) is 8.42 Å². The van der Waals surface area contributed by atoms with Gasteiger partial charge in [-0.3, -0.25) is 9.59 Å². The minimum atomic E-state index is -3.66. The highest BCUT2D eigenvalue weighted by Crippen LogP contribution is 2.38. The molecular weight excluding hydrogens is 474 g/mol. The van der Waals surface area contributed by atoms with Crippen molar-refractivity contribution >= 4 is 45.0 Å². The Labute approximate surface area is 204 Å². The Hall–Kier alpha value is -2.56. The van der Waals surface area contributed by atoms with E-state index in [-0.39, 0.29) is 23.3 Å². The van der Waals surface area contributed by atoms with Gasteiger partial charge in [0.15, 0.2) is 0 Å². The van der Waals surface area contributed by atoms with Crippen molar-refractivity contribution in [2.45, 2.75) is 36.5 Å².